The van der Waals surface area contributed by atoms with Gasteiger partial charge >= 0.3 is 0 Å². The van der Waals surface area contributed by atoms with Crippen molar-refractivity contribution in [3.05, 3.63) is 94.8 Å². The molecule has 0 aliphatic rings. The fourth-order valence-corrected chi connectivity index (χ4v) is 3.74. The SMILES string of the molecule is C#CC(CC)(CCCc1cccc(Oc2ccccc2)c1)c1ccc(F)c(Cl)c1. The zero-order valence-corrected chi connectivity index (χ0v) is 17.3. The molecule has 0 saturated heterocycles. The van der Waals surface area contributed by atoms with Crippen LogP contribution in [0.15, 0.2) is 72.8 Å². The van der Waals surface area contributed by atoms with Crippen LogP contribution in [0.5, 0.6) is 11.5 Å². The van der Waals surface area contributed by atoms with Crippen molar-refractivity contribution in [2.45, 2.75) is 38.0 Å². The number of ether oxygens (including phenoxy) is 1. The van der Waals surface area contributed by atoms with E-state index in [0.717, 1.165) is 42.7 Å². The van der Waals surface area contributed by atoms with Crippen molar-refractivity contribution in [1.29, 1.82) is 0 Å². The van der Waals surface area contributed by atoms with Gasteiger partial charge in [-0.05, 0) is 73.2 Å². The maximum absolute atomic E-state index is 13.6. The zero-order chi connectivity index (χ0) is 20.7. The first-order chi connectivity index (χ1) is 14.1. The Hall–Kier alpha value is -2.76. The third-order valence-corrected chi connectivity index (χ3v) is 5.59. The van der Waals surface area contributed by atoms with Crippen LogP contribution in [-0.4, -0.2) is 0 Å². The summed E-state index contributed by atoms with van der Waals surface area (Å²) < 4.78 is 19.5. The Morgan fingerprint density at radius 3 is 2.45 bits per heavy atom. The number of hydrogen-bond donors (Lipinski definition) is 0. The van der Waals surface area contributed by atoms with Crippen LogP contribution < -0.4 is 4.74 Å². The van der Waals surface area contributed by atoms with Crippen molar-refractivity contribution < 1.29 is 9.13 Å². The Labute approximate surface area is 177 Å². The van der Waals surface area contributed by atoms with E-state index in [0.29, 0.717) is 0 Å². The van der Waals surface area contributed by atoms with Crippen molar-refractivity contribution in [2.24, 2.45) is 0 Å². The van der Waals surface area contributed by atoms with E-state index in [1.54, 1.807) is 12.1 Å². The van der Waals surface area contributed by atoms with E-state index >= 15 is 0 Å². The van der Waals surface area contributed by atoms with Crippen LogP contribution >= 0.6 is 11.6 Å². The smallest absolute Gasteiger partial charge is 0.141 e. The maximum Gasteiger partial charge on any atom is 0.141 e. The quantitative estimate of drug-likeness (QED) is 0.350. The Morgan fingerprint density at radius 2 is 1.76 bits per heavy atom. The van der Waals surface area contributed by atoms with Gasteiger partial charge in [-0.2, -0.15) is 0 Å². The second-order valence-corrected chi connectivity index (χ2v) is 7.53. The molecule has 1 unspecified atom stereocenters. The van der Waals surface area contributed by atoms with E-state index in [4.69, 9.17) is 22.8 Å². The van der Waals surface area contributed by atoms with E-state index in [2.05, 4.69) is 25.0 Å². The van der Waals surface area contributed by atoms with Gasteiger partial charge in [0.25, 0.3) is 0 Å². The molecule has 1 atom stereocenters. The van der Waals surface area contributed by atoms with Gasteiger partial charge in [0.2, 0.25) is 0 Å². The Balaban J connectivity index is 1.68. The molecule has 0 N–H and O–H groups in total. The Bertz CT molecular complexity index is 993. The first-order valence-electron chi connectivity index (χ1n) is 9.81. The molecule has 0 radical (unpaired) electrons. The molecule has 0 bridgehead atoms. The minimum atomic E-state index is -0.449. The number of aryl methyl sites for hydroxylation is 1. The fourth-order valence-electron chi connectivity index (χ4n) is 3.56. The van der Waals surface area contributed by atoms with Gasteiger partial charge in [0.05, 0.1) is 10.4 Å². The molecule has 0 spiro atoms. The number of benzene rings is 3. The van der Waals surface area contributed by atoms with E-state index in [9.17, 15) is 4.39 Å². The molecule has 0 amide bonds. The lowest BCUT2D eigenvalue weighted by atomic mass is 9.75. The molecule has 3 aromatic carbocycles. The highest BCUT2D eigenvalue weighted by Crippen LogP contribution is 2.35. The molecule has 0 heterocycles. The maximum atomic E-state index is 13.6. The topological polar surface area (TPSA) is 9.23 Å². The van der Waals surface area contributed by atoms with Crippen LogP contribution in [0.25, 0.3) is 0 Å². The number of hydrogen-bond acceptors (Lipinski definition) is 1. The monoisotopic (exact) mass is 406 g/mol. The highest BCUT2D eigenvalue weighted by Gasteiger charge is 2.28. The van der Waals surface area contributed by atoms with Crippen LogP contribution in [0.3, 0.4) is 0 Å². The van der Waals surface area contributed by atoms with E-state index < -0.39 is 11.2 Å². The van der Waals surface area contributed by atoms with Crippen molar-refractivity contribution >= 4 is 11.6 Å². The van der Waals surface area contributed by atoms with Gasteiger partial charge in [-0.25, -0.2) is 4.39 Å². The van der Waals surface area contributed by atoms with E-state index in [1.807, 2.05) is 42.5 Å². The van der Waals surface area contributed by atoms with E-state index in [1.165, 1.54) is 11.6 Å². The Kier molecular flexibility index (Phi) is 6.96. The summed E-state index contributed by atoms with van der Waals surface area (Å²) in [5.74, 6) is 4.16. The van der Waals surface area contributed by atoms with Crippen molar-refractivity contribution in [1.82, 2.24) is 0 Å². The fraction of sp³-hybridized carbons (Fsp3) is 0.231. The molecular weight excluding hydrogens is 383 g/mol. The van der Waals surface area contributed by atoms with E-state index in [-0.39, 0.29) is 5.02 Å². The van der Waals surface area contributed by atoms with Crippen LogP contribution in [-0.2, 0) is 11.8 Å². The van der Waals surface area contributed by atoms with Gasteiger partial charge in [0.15, 0.2) is 0 Å². The third-order valence-electron chi connectivity index (χ3n) is 5.30. The van der Waals surface area contributed by atoms with Gasteiger partial charge in [0, 0.05) is 0 Å². The molecule has 0 fully saturated rings. The van der Waals surface area contributed by atoms with Crippen molar-refractivity contribution in [3.8, 4) is 23.8 Å². The van der Waals surface area contributed by atoms with Gasteiger partial charge in [-0.1, -0.05) is 60.8 Å². The van der Waals surface area contributed by atoms with Crippen molar-refractivity contribution in [3.63, 3.8) is 0 Å². The summed E-state index contributed by atoms with van der Waals surface area (Å²) in [4.78, 5) is 0. The summed E-state index contributed by atoms with van der Waals surface area (Å²) in [6.45, 7) is 2.06. The molecule has 0 aliphatic heterocycles. The summed E-state index contributed by atoms with van der Waals surface area (Å²) in [6.07, 6.45) is 9.27. The minimum absolute atomic E-state index is 0.112. The lowest BCUT2D eigenvalue weighted by molar-refractivity contribution is 0.470. The number of para-hydroxylation sites is 1. The summed E-state index contributed by atoms with van der Waals surface area (Å²) >= 11 is 5.99. The summed E-state index contributed by atoms with van der Waals surface area (Å²) in [5, 5.41) is 0.112. The third kappa shape index (κ3) is 5.19. The molecular formula is C26H24ClFO. The standard InChI is InChI=1S/C26H24ClFO/c1-3-26(4-2,21-15-16-25(28)24(27)19-21)17-9-11-20-10-8-14-23(18-20)29-22-12-6-5-7-13-22/h1,5-8,10,12-16,18-19H,4,9,11,17H2,2H3. The summed E-state index contributed by atoms with van der Waals surface area (Å²) in [7, 11) is 0. The normalized spacial score (nSPS) is 12.8. The molecule has 29 heavy (non-hydrogen) atoms. The first-order valence-corrected chi connectivity index (χ1v) is 10.2. The molecule has 3 rings (SSSR count). The molecule has 1 nitrogen and oxygen atoms in total. The average Bonchev–Trinajstić information content (AvgIpc) is 2.75. The second-order valence-electron chi connectivity index (χ2n) is 7.12. The molecule has 3 heteroatoms. The second kappa shape index (κ2) is 9.63. The summed E-state index contributed by atoms with van der Waals surface area (Å²) in [5.41, 5.74) is 1.64. The largest absolute Gasteiger partial charge is 0.457 e. The van der Waals surface area contributed by atoms with Crippen LogP contribution in [0.1, 0.15) is 37.3 Å². The molecule has 3 aromatic rings. The van der Waals surface area contributed by atoms with Crippen LogP contribution in [0, 0.1) is 18.2 Å². The van der Waals surface area contributed by atoms with Gasteiger partial charge < -0.3 is 4.74 Å². The number of rotatable bonds is 8. The number of halogens is 2. The van der Waals surface area contributed by atoms with Crippen molar-refractivity contribution in [2.75, 3.05) is 0 Å². The van der Waals surface area contributed by atoms with Gasteiger partial charge in [-0.15, -0.1) is 6.42 Å². The van der Waals surface area contributed by atoms with Gasteiger partial charge in [0.1, 0.15) is 17.3 Å². The highest BCUT2D eigenvalue weighted by atomic mass is 35.5. The average molecular weight is 407 g/mol. The number of terminal acetylenes is 1. The molecule has 148 valence electrons. The minimum Gasteiger partial charge on any atom is -0.457 e. The highest BCUT2D eigenvalue weighted by molar-refractivity contribution is 6.30. The molecule has 0 saturated carbocycles. The van der Waals surface area contributed by atoms with Crippen LogP contribution in [0.2, 0.25) is 5.02 Å². The predicted molar refractivity (Wildman–Crippen MR) is 118 cm³/mol. The molecule has 0 aliphatic carbocycles. The summed E-state index contributed by atoms with van der Waals surface area (Å²) in [6, 6.07) is 22.6. The lowest BCUT2D eigenvalue weighted by Gasteiger charge is -2.28. The first kappa shape index (κ1) is 21.0. The zero-order valence-electron chi connectivity index (χ0n) is 16.5. The molecule has 0 aromatic heterocycles. The van der Waals surface area contributed by atoms with Gasteiger partial charge in [-0.3, -0.25) is 0 Å². The van der Waals surface area contributed by atoms with Crippen LogP contribution in [0.4, 0.5) is 4.39 Å². The lowest BCUT2D eigenvalue weighted by Crippen LogP contribution is -2.23. The Morgan fingerprint density at radius 1 is 1.00 bits per heavy atom. The predicted octanol–water partition coefficient (Wildman–Crippen LogP) is 7.58.